The Hall–Kier alpha value is -1.58. The number of hydrogen-bond donors (Lipinski definition) is 0. The van der Waals surface area contributed by atoms with Crippen molar-refractivity contribution >= 4 is 5.97 Å². The van der Waals surface area contributed by atoms with Crippen LogP contribution in [0.5, 0.6) is 5.75 Å². The first-order chi connectivity index (χ1) is 7.19. The molecule has 0 spiro atoms. The molecule has 0 amide bonds. The molecule has 1 aromatic carbocycles. The Labute approximate surface area is 87.8 Å². The van der Waals surface area contributed by atoms with Gasteiger partial charge >= 0.3 is 5.97 Å². The van der Waals surface area contributed by atoms with Crippen molar-refractivity contribution < 1.29 is 18.7 Å². The minimum atomic E-state index is -0.496. The lowest BCUT2D eigenvalue weighted by atomic mass is 10.2. The van der Waals surface area contributed by atoms with E-state index < -0.39 is 11.8 Å². The highest BCUT2D eigenvalue weighted by molar-refractivity contribution is 5.89. The van der Waals surface area contributed by atoms with Gasteiger partial charge in [0.25, 0.3) is 0 Å². The molecule has 0 aliphatic heterocycles. The van der Waals surface area contributed by atoms with Gasteiger partial charge in [-0.3, -0.25) is 0 Å². The SMILES string of the molecule is CCCOC(=O)c1ccc(F)c(OC)c1. The molecule has 0 radical (unpaired) electrons. The smallest absolute Gasteiger partial charge is 0.338 e. The zero-order valence-electron chi connectivity index (χ0n) is 8.75. The highest BCUT2D eigenvalue weighted by Crippen LogP contribution is 2.18. The van der Waals surface area contributed by atoms with E-state index in [0.717, 1.165) is 6.42 Å². The summed E-state index contributed by atoms with van der Waals surface area (Å²) >= 11 is 0. The topological polar surface area (TPSA) is 35.5 Å². The summed E-state index contributed by atoms with van der Waals surface area (Å²) in [6.45, 7) is 2.26. The number of hydrogen-bond acceptors (Lipinski definition) is 3. The van der Waals surface area contributed by atoms with Gasteiger partial charge in [0.1, 0.15) is 0 Å². The summed E-state index contributed by atoms with van der Waals surface area (Å²) in [5.41, 5.74) is 0.293. The monoisotopic (exact) mass is 212 g/mol. The van der Waals surface area contributed by atoms with Crippen molar-refractivity contribution in [3.8, 4) is 5.75 Å². The number of benzene rings is 1. The third kappa shape index (κ3) is 2.94. The molecule has 1 rings (SSSR count). The van der Waals surface area contributed by atoms with Crippen LogP contribution in [0.15, 0.2) is 18.2 Å². The lowest BCUT2D eigenvalue weighted by molar-refractivity contribution is 0.0504. The van der Waals surface area contributed by atoms with Crippen molar-refractivity contribution in [1.82, 2.24) is 0 Å². The molecule has 0 aliphatic rings. The van der Waals surface area contributed by atoms with E-state index in [9.17, 15) is 9.18 Å². The maximum atomic E-state index is 13.0. The van der Waals surface area contributed by atoms with E-state index in [4.69, 9.17) is 9.47 Å². The van der Waals surface area contributed by atoms with Gasteiger partial charge in [-0.15, -0.1) is 0 Å². The molecule has 0 atom stereocenters. The van der Waals surface area contributed by atoms with E-state index in [1.165, 1.54) is 25.3 Å². The predicted octanol–water partition coefficient (Wildman–Crippen LogP) is 2.40. The zero-order valence-corrected chi connectivity index (χ0v) is 8.75. The second-order valence-corrected chi connectivity index (χ2v) is 2.99. The molecular formula is C11H13FO3. The highest BCUT2D eigenvalue weighted by atomic mass is 19.1. The summed E-state index contributed by atoms with van der Waals surface area (Å²) in [7, 11) is 1.35. The van der Waals surface area contributed by atoms with Gasteiger partial charge in [-0.25, -0.2) is 9.18 Å². The van der Waals surface area contributed by atoms with E-state index in [0.29, 0.717) is 12.2 Å². The minimum absolute atomic E-state index is 0.0425. The van der Waals surface area contributed by atoms with Crippen molar-refractivity contribution in [2.24, 2.45) is 0 Å². The molecule has 3 nitrogen and oxygen atoms in total. The number of ether oxygens (including phenoxy) is 2. The number of halogens is 1. The summed E-state index contributed by atoms with van der Waals surface area (Å²) in [5, 5.41) is 0. The third-order valence-electron chi connectivity index (χ3n) is 1.82. The maximum absolute atomic E-state index is 13.0. The molecule has 15 heavy (non-hydrogen) atoms. The number of rotatable bonds is 4. The largest absolute Gasteiger partial charge is 0.494 e. The van der Waals surface area contributed by atoms with Gasteiger partial charge in [0.2, 0.25) is 0 Å². The molecule has 0 aliphatic carbocycles. The van der Waals surface area contributed by atoms with Crippen LogP contribution < -0.4 is 4.74 Å². The maximum Gasteiger partial charge on any atom is 0.338 e. The molecular weight excluding hydrogens is 199 g/mol. The van der Waals surface area contributed by atoms with Crippen molar-refractivity contribution in [2.45, 2.75) is 13.3 Å². The van der Waals surface area contributed by atoms with E-state index in [2.05, 4.69) is 0 Å². The van der Waals surface area contributed by atoms with Crippen LogP contribution in [-0.2, 0) is 4.74 Å². The molecule has 0 bridgehead atoms. The van der Waals surface area contributed by atoms with Gasteiger partial charge in [-0.1, -0.05) is 6.92 Å². The summed E-state index contributed by atoms with van der Waals surface area (Å²) in [6, 6.07) is 3.88. The van der Waals surface area contributed by atoms with Crippen molar-refractivity contribution in [1.29, 1.82) is 0 Å². The van der Waals surface area contributed by atoms with Crippen LogP contribution in [0, 0.1) is 5.82 Å². The fourth-order valence-corrected chi connectivity index (χ4v) is 1.06. The van der Waals surface area contributed by atoms with Crippen molar-refractivity contribution in [3.63, 3.8) is 0 Å². The second kappa shape index (κ2) is 5.34. The summed E-state index contributed by atoms with van der Waals surface area (Å²) in [6.07, 6.45) is 0.754. The highest BCUT2D eigenvalue weighted by Gasteiger charge is 2.10. The molecule has 82 valence electrons. The zero-order chi connectivity index (χ0) is 11.3. The summed E-state index contributed by atoms with van der Waals surface area (Å²) in [5.74, 6) is -0.916. The Balaban J connectivity index is 2.81. The van der Waals surface area contributed by atoms with Gasteiger partial charge in [0.15, 0.2) is 11.6 Å². The summed E-state index contributed by atoms with van der Waals surface area (Å²) < 4.78 is 22.7. The molecule has 0 aromatic heterocycles. The fourth-order valence-electron chi connectivity index (χ4n) is 1.06. The van der Waals surface area contributed by atoms with Gasteiger partial charge in [0, 0.05) is 0 Å². The van der Waals surface area contributed by atoms with E-state index in [1.54, 1.807) is 0 Å². The first kappa shape index (κ1) is 11.5. The Kier molecular flexibility index (Phi) is 4.09. The predicted molar refractivity (Wildman–Crippen MR) is 53.5 cm³/mol. The van der Waals surface area contributed by atoms with Gasteiger partial charge in [-0.2, -0.15) is 0 Å². The Morgan fingerprint density at radius 3 is 2.80 bits per heavy atom. The molecule has 1 aromatic rings. The van der Waals surface area contributed by atoms with Crippen molar-refractivity contribution in [3.05, 3.63) is 29.6 Å². The quantitative estimate of drug-likeness (QED) is 0.719. The number of methoxy groups -OCH3 is 1. The average Bonchev–Trinajstić information content (AvgIpc) is 2.26. The summed E-state index contributed by atoms with van der Waals surface area (Å²) in [4.78, 5) is 11.4. The minimum Gasteiger partial charge on any atom is -0.494 e. The molecule has 0 unspecified atom stereocenters. The average molecular weight is 212 g/mol. The van der Waals surface area contributed by atoms with Crippen LogP contribution in [0.1, 0.15) is 23.7 Å². The number of esters is 1. The third-order valence-corrected chi connectivity index (χ3v) is 1.82. The van der Waals surface area contributed by atoms with Crippen LogP contribution >= 0.6 is 0 Å². The number of carbonyl (C=O) groups is 1. The molecule has 0 N–H and O–H groups in total. The standard InChI is InChI=1S/C11H13FO3/c1-3-6-15-11(13)8-4-5-9(12)10(7-8)14-2/h4-5,7H,3,6H2,1-2H3. The van der Waals surface area contributed by atoms with Gasteiger partial charge in [-0.05, 0) is 24.6 Å². The van der Waals surface area contributed by atoms with Gasteiger partial charge in [0.05, 0.1) is 19.3 Å². The van der Waals surface area contributed by atoms with E-state index in [1.807, 2.05) is 6.92 Å². The van der Waals surface area contributed by atoms with Crippen LogP contribution in [0.2, 0.25) is 0 Å². The lowest BCUT2D eigenvalue weighted by Crippen LogP contribution is -2.06. The molecule has 0 saturated carbocycles. The molecule has 0 heterocycles. The first-order valence-electron chi connectivity index (χ1n) is 4.69. The number of carbonyl (C=O) groups excluding carboxylic acids is 1. The molecule has 4 heteroatoms. The van der Waals surface area contributed by atoms with Gasteiger partial charge < -0.3 is 9.47 Å². The molecule has 0 saturated heterocycles. The Bertz CT molecular complexity index is 350. The molecule has 0 fully saturated rings. The van der Waals surface area contributed by atoms with Crippen LogP contribution in [0.3, 0.4) is 0 Å². The Morgan fingerprint density at radius 2 is 2.20 bits per heavy atom. The van der Waals surface area contributed by atoms with E-state index in [-0.39, 0.29) is 5.75 Å². The Morgan fingerprint density at radius 1 is 1.47 bits per heavy atom. The fraction of sp³-hybridized carbons (Fsp3) is 0.364. The second-order valence-electron chi connectivity index (χ2n) is 2.99. The van der Waals surface area contributed by atoms with Crippen molar-refractivity contribution in [2.75, 3.05) is 13.7 Å². The van der Waals surface area contributed by atoms with Crippen LogP contribution in [-0.4, -0.2) is 19.7 Å². The van der Waals surface area contributed by atoms with Crippen LogP contribution in [0.4, 0.5) is 4.39 Å². The van der Waals surface area contributed by atoms with Crippen LogP contribution in [0.25, 0.3) is 0 Å². The normalized spacial score (nSPS) is 9.80. The first-order valence-corrected chi connectivity index (χ1v) is 4.69. The lowest BCUT2D eigenvalue weighted by Gasteiger charge is -2.05. The van der Waals surface area contributed by atoms with E-state index >= 15 is 0 Å².